The lowest BCUT2D eigenvalue weighted by atomic mass is 10.1. The molecule has 0 bridgehead atoms. The average Bonchev–Trinajstić information content (AvgIpc) is 2.34. The molecule has 0 atom stereocenters. The summed E-state index contributed by atoms with van der Waals surface area (Å²) in [7, 11) is -4.05. The van der Waals surface area contributed by atoms with E-state index in [2.05, 4.69) is 4.72 Å². The molecule has 0 amide bonds. The summed E-state index contributed by atoms with van der Waals surface area (Å²) < 4.78 is 37.6. The monoisotopic (exact) mass is 316 g/mol. The van der Waals surface area contributed by atoms with Crippen LogP contribution in [0.1, 0.15) is 20.8 Å². The highest BCUT2D eigenvalue weighted by Gasteiger charge is 2.32. The minimum atomic E-state index is -4.05. The number of nitro benzene ring substituents is 1. The number of nitrogens with zero attached hydrogens (tertiary/aromatic N) is 1. The zero-order valence-corrected chi connectivity index (χ0v) is 12.7. The maximum absolute atomic E-state index is 12.3. The molecular formula is C12H16N2O6S. The summed E-state index contributed by atoms with van der Waals surface area (Å²) in [6.45, 7) is 5.46. The van der Waals surface area contributed by atoms with E-state index >= 15 is 0 Å². The van der Waals surface area contributed by atoms with Crippen LogP contribution in [0.25, 0.3) is 0 Å². The highest BCUT2D eigenvalue weighted by Crippen LogP contribution is 2.38. The van der Waals surface area contributed by atoms with Crippen molar-refractivity contribution >= 4 is 15.7 Å². The smallest absolute Gasteiger partial charge is 0.293 e. The van der Waals surface area contributed by atoms with Crippen LogP contribution in [-0.2, 0) is 10.0 Å². The second-order valence-electron chi connectivity index (χ2n) is 5.58. The normalized spacial score (nSPS) is 14.8. The fourth-order valence-corrected chi connectivity index (χ4v) is 3.46. The second kappa shape index (κ2) is 5.15. The van der Waals surface area contributed by atoms with Crippen LogP contribution < -0.4 is 14.2 Å². The quantitative estimate of drug-likeness (QED) is 0.668. The van der Waals surface area contributed by atoms with Crippen LogP contribution in [0.3, 0.4) is 0 Å². The number of sulfonamides is 1. The molecule has 1 aromatic carbocycles. The molecule has 0 saturated carbocycles. The van der Waals surface area contributed by atoms with Gasteiger partial charge in [0.05, 0.1) is 11.0 Å². The summed E-state index contributed by atoms with van der Waals surface area (Å²) in [4.78, 5) is 9.94. The summed E-state index contributed by atoms with van der Waals surface area (Å²) >= 11 is 0. The standard InChI is InChI=1S/C12H16N2O6S/c1-12(2,3)13-21(17,18)11-7-10-9(19-4-5-20-10)6-8(11)14(15)16/h6-7,13H,4-5H2,1-3H3. The van der Waals surface area contributed by atoms with Gasteiger partial charge < -0.3 is 9.47 Å². The molecule has 21 heavy (non-hydrogen) atoms. The molecule has 116 valence electrons. The van der Waals surface area contributed by atoms with E-state index in [4.69, 9.17) is 9.47 Å². The lowest BCUT2D eigenvalue weighted by molar-refractivity contribution is -0.388. The molecule has 0 radical (unpaired) electrons. The summed E-state index contributed by atoms with van der Waals surface area (Å²) in [5.41, 5.74) is -1.31. The first kappa shape index (κ1) is 15.5. The molecule has 0 saturated heterocycles. The molecule has 1 N–H and O–H groups in total. The van der Waals surface area contributed by atoms with Crippen LogP contribution in [-0.4, -0.2) is 32.1 Å². The van der Waals surface area contributed by atoms with Gasteiger partial charge in [0.15, 0.2) is 16.4 Å². The maximum atomic E-state index is 12.3. The van der Waals surface area contributed by atoms with Gasteiger partial charge in [0.1, 0.15) is 13.2 Å². The predicted octanol–water partition coefficient (Wildman–Crippen LogP) is 1.44. The Hall–Kier alpha value is -1.87. The third-order valence-electron chi connectivity index (χ3n) is 2.55. The van der Waals surface area contributed by atoms with Gasteiger partial charge in [-0.2, -0.15) is 0 Å². The van der Waals surface area contributed by atoms with Gasteiger partial charge in [0, 0.05) is 11.6 Å². The van der Waals surface area contributed by atoms with E-state index in [0.717, 1.165) is 12.1 Å². The van der Waals surface area contributed by atoms with Gasteiger partial charge >= 0.3 is 0 Å². The van der Waals surface area contributed by atoms with Crippen molar-refractivity contribution < 1.29 is 22.8 Å². The highest BCUT2D eigenvalue weighted by atomic mass is 32.2. The zero-order chi connectivity index (χ0) is 15.8. The summed E-state index contributed by atoms with van der Waals surface area (Å²) in [6.07, 6.45) is 0. The lowest BCUT2D eigenvalue weighted by Gasteiger charge is -2.22. The topological polar surface area (TPSA) is 108 Å². The van der Waals surface area contributed by atoms with E-state index in [1.807, 2.05) is 0 Å². The molecule has 1 aliphatic heterocycles. The third-order valence-corrected chi connectivity index (χ3v) is 4.34. The Morgan fingerprint density at radius 1 is 1.19 bits per heavy atom. The van der Waals surface area contributed by atoms with Crippen molar-refractivity contribution in [2.75, 3.05) is 13.2 Å². The number of fused-ring (bicyclic) bond motifs is 1. The van der Waals surface area contributed by atoms with Crippen molar-refractivity contribution in [3.8, 4) is 11.5 Å². The fraction of sp³-hybridized carbons (Fsp3) is 0.500. The number of hydrogen-bond acceptors (Lipinski definition) is 6. The van der Waals surface area contributed by atoms with Crippen molar-refractivity contribution in [1.29, 1.82) is 0 Å². The maximum Gasteiger partial charge on any atom is 0.293 e. The molecular weight excluding hydrogens is 300 g/mol. The SMILES string of the molecule is CC(C)(C)NS(=O)(=O)c1cc2c(cc1[N+](=O)[O-])OCCO2. The van der Waals surface area contributed by atoms with Gasteiger partial charge in [-0.3, -0.25) is 10.1 Å². The van der Waals surface area contributed by atoms with Crippen molar-refractivity contribution in [3.63, 3.8) is 0 Å². The number of benzene rings is 1. The predicted molar refractivity (Wildman–Crippen MR) is 74.2 cm³/mol. The Bertz CT molecular complexity index is 678. The largest absolute Gasteiger partial charge is 0.486 e. The minimum absolute atomic E-state index is 0.169. The summed E-state index contributed by atoms with van der Waals surface area (Å²) in [5.74, 6) is 0.351. The number of hydrogen-bond donors (Lipinski definition) is 1. The van der Waals surface area contributed by atoms with E-state index in [-0.39, 0.29) is 24.7 Å². The van der Waals surface area contributed by atoms with E-state index in [1.165, 1.54) is 0 Å². The van der Waals surface area contributed by atoms with Crippen LogP contribution >= 0.6 is 0 Å². The molecule has 9 heteroatoms. The molecule has 0 fully saturated rings. The molecule has 8 nitrogen and oxygen atoms in total. The minimum Gasteiger partial charge on any atom is -0.486 e. The van der Waals surface area contributed by atoms with Gasteiger partial charge in [-0.1, -0.05) is 0 Å². The Balaban J connectivity index is 2.59. The summed E-state index contributed by atoms with van der Waals surface area (Å²) in [6, 6.07) is 2.20. The van der Waals surface area contributed by atoms with Crippen molar-refractivity contribution in [1.82, 2.24) is 4.72 Å². The van der Waals surface area contributed by atoms with Crippen LogP contribution in [0, 0.1) is 10.1 Å². The number of ether oxygens (including phenoxy) is 2. The zero-order valence-electron chi connectivity index (χ0n) is 11.9. The van der Waals surface area contributed by atoms with E-state index in [9.17, 15) is 18.5 Å². The van der Waals surface area contributed by atoms with Crippen LogP contribution in [0.5, 0.6) is 11.5 Å². The van der Waals surface area contributed by atoms with Gasteiger partial charge in [0.2, 0.25) is 10.0 Å². The van der Waals surface area contributed by atoms with E-state index in [0.29, 0.717) is 0 Å². The molecule has 1 aliphatic rings. The average molecular weight is 316 g/mol. The number of rotatable bonds is 3. The number of nitrogens with one attached hydrogen (secondary N) is 1. The molecule has 1 heterocycles. The summed E-state index contributed by atoms with van der Waals surface area (Å²) in [5, 5.41) is 11.1. The number of nitro groups is 1. The first-order valence-electron chi connectivity index (χ1n) is 6.22. The molecule has 0 unspecified atom stereocenters. The van der Waals surface area contributed by atoms with Crippen molar-refractivity contribution in [2.24, 2.45) is 0 Å². The van der Waals surface area contributed by atoms with Crippen LogP contribution in [0.4, 0.5) is 5.69 Å². The Morgan fingerprint density at radius 3 is 2.19 bits per heavy atom. The van der Waals surface area contributed by atoms with Crippen LogP contribution in [0.2, 0.25) is 0 Å². The third kappa shape index (κ3) is 3.42. The lowest BCUT2D eigenvalue weighted by Crippen LogP contribution is -2.40. The second-order valence-corrected chi connectivity index (χ2v) is 7.23. The molecule has 1 aromatic rings. The van der Waals surface area contributed by atoms with Gasteiger partial charge in [-0.25, -0.2) is 13.1 Å². The molecule has 0 aromatic heterocycles. The van der Waals surface area contributed by atoms with Crippen LogP contribution in [0.15, 0.2) is 17.0 Å². The van der Waals surface area contributed by atoms with E-state index in [1.54, 1.807) is 20.8 Å². The van der Waals surface area contributed by atoms with Gasteiger partial charge in [0.25, 0.3) is 5.69 Å². The highest BCUT2D eigenvalue weighted by molar-refractivity contribution is 7.89. The molecule has 0 spiro atoms. The first-order valence-corrected chi connectivity index (χ1v) is 7.70. The first-order chi connectivity index (χ1) is 9.60. The van der Waals surface area contributed by atoms with Crippen molar-refractivity contribution in [3.05, 3.63) is 22.2 Å². The Morgan fingerprint density at radius 2 is 1.71 bits per heavy atom. The fourth-order valence-electron chi connectivity index (χ4n) is 1.88. The molecule has 2 rings (SSSR count). The Kier molecular flexibility index (Phi) is 3.81. The van der Waals surface area contributed by atoms with Crippen molar-refractivity contribution in [2.45, 2.75) is 31.2 Å². The van der Waals surface area contributed by atoms with Gasteiger partial charge in [-0.15, -0.1) is 0 Å². The molecule has 0 aliphatic carbocycles. The Labute approximate surface area is 122 Å². The van der Waals surface area contributed by atoms with E-state index < -0.39 is 31.1 Å². The van der Waals surface area contributed by atoms with Gasteiger partial charge in [-0.05, 0) is 20.8 Å².